The van der Waals surface area contributed by atoms with Crippen molar-refractivity contribution >= 4 is 51.4 Å². The van der Waals surface area contributed by atoms with E-state index >= 15 is 0 Å². The van der Waals surface area contributed by atoms with Crippen molar-refractivity contribution in [3.05, 3.63) is 46.0 Å². The highest BCUT2D eigenvalue weighted by molar-refractivity contribution is 14.1. The molecular weight excluding hydrogens is 343 g/mol. The Morgan fingerprint density at radius 3 is 2.71 bits per heavy atom. The number of thioether (sulfide) groups is 1. The van der Waals surface area contributed by atoms with Gasteiger partial charge in [-0.3, -0.25) is 0 Å². The zero-order valence-corrected chi connectivity index (χ0v) is 12.4. The van der Waals surface area contributed by atoms with Gasteiger partial charge in [-0.05, 0) is 65.2 Å². The average Bonchev–Trinajstić information content (AvgIpc) is 2.33. The number of benzene rings is 2. The first-order chi connectivity index (χ1) is 8.19. The molecule has 0 saturated carbocycles. The Morgan fingerprint density at radius 1 is 1.18 bits per heavy atom. The number of anilines is 3. The Balaban J connectivity index is 2.25. The van der Waals surface area contributed by atoms with E-state index in [1.165, 1.54) is 4.90 Å². The van der Waals surface area contributed by atoms with Crippen molar-refractivity contribution in [2.45, 2.75) is 4.90 Å². The maximum absolute atomic E-state index is 5.73. The smallest absolute Gasteiger partial charge is 0.0521 e. The molecule has 3 N–H and O–H groups in total. The minimum Gasteiger partial charge on any atom is -0.399 e. The molecule has 0 amide bonds. The number of rotatable bonds is 3. The lowest BCUT2D eigenvalue weighted by atomic mass is 10.2. The van der Waals surface area contributed by atoms with Crippen LogP contribution in [0, 0.1) is 3.57 Å². The van der Waals surface area contributed by atoms with Gasteiger partial charge in [-0.15, -0.1) is 11.8 Å². The lowest BCUT2D eigenvalue weighted by Gasteiger charge is -2.10. The van der Waals surface area contributed by atoms with Crippen molar-refractivity contribution in [2.24, 2.45) is 0 Å². The molecule has 0 aliphatic heterocycles. The molecule has 4 heteroatoms. The van der Waals surface area contributed by atoms with E-state index in [-0.39, 0.29) is 0 Å². The topological polar surface area (TPSA) is 38.0 Å². The van der Waals surface area contributed by atoms with Gasteiger partial charge in [-0.1, -0.05) is 6.07 Å². The van der Waals surface area contributed by atoms with Crippen LogP contribution in [-0.2, 0) is 0 Å². The predicted octanol–water partition coefficient (Wildman–Crippen LogP) is 4.34. The van der Waals surface area contributed by atoms with Crippen molar-refractivity contribution in [2.75, 3.05) is 17.3 Å². The Kier molecular flexibility index (Phi) is 4.17. The van der Waals surface area contributed by atoms with Gasteiger partial charge in [0.2, 0.25) is 0 Å². The summed E-state index contributed by atoms with van der Waals surface area (Å²) in [7, 11) is 0. The van der Waals surface area contributed by atoms with Gasteiger partial charge in [0.15, 0.2) is 0 Å². The van der Waals surface area contributed by atoms with Crippen LogP contribution in [0.25, 0.3) is 0 Å². The molecule has 2 aromatic rings. The lowest BCUT2D eigenvalue weighted by Crippen LogP contribution is -1.94. The SMILES string of the molecule is CSc1cccc(Nc2ccc(N)cc2I)c1. The molecule has 0 atom stereocenters. The van der Waals surface area contributed by atoms with E-state index in [9.17, 15) is 0 Å². The number of nitrogens with one attached hydrogen (secondary N) is 1. The molecule has 2 nitrogen and oxygen atoms in total. The molecule has 88 valence electrons. The van der Waals surface area contributed by atoms with Crippen LogP contribution in [0.5, 0.6) is 0 Å². The second-order valence-corrected chi connectivity index (χ2v) is 5.64. The van der Waals surface area contributed by atoms with Crippen LogP contribution in [0.15, 0.2) is 47.4 Å². The molecule has 0 spiro atoms. The molecule has 17 heavy (non-hydrogen) atoms. The molecular formula is C13H13IN2S. The maximum Gasteiger partial charge on any atom is 0.0521 e. The van der Waals surface area contributed by atoms with Gasteiger partial charge in [-0.25, -0.2) is 0 Å². The molecule has 0 fully saturated rings. The quantitative estimate of drug-likeness (QED) is 0.488. The third-order valence-electron chi connectivity index (χ3n) is 2.34. The van der Waals surface area contributed by atoms with Crippen LogP contribution in [0.1, 0.15) is 0 Å². The number of nitrogen functional groups attached to an aromatic ring is 1. The predicted molar refractivity (Wildman–Crippen MR) is 85.1 cm³/mol. The third kappa shape index (κ3) is 3.29. The Bertz CT molecular complexity index is 529. The van der Waals surface area contributed by atoms with Crippen molar-refractivity contribution in [1.82, 2.24) is 0 Å². The highest BCUT2D eigenvalue weighted by Gasteiger charge is 2.01. The van der Waals surface area contributed by atoms with Crippen LogP contribution in [-0.4, -0.2) is 6.26 Å². The van der Waals surface area contributed by atoms with E-state index < -0.39 is 0 Å². The van der Waals surface area contributed by atoms with Crippen molar-refractivity contribution in [3.63, 3.8) is 0 Å². The van der Waals surface area contributed by atoms with Gasteiger partial charge in [0.1, 0.15) is 0 Å². The van der Waals surface area contributed by atoms with Crippen LogP contribution >= 0.6 is 34.4 Å². The van der Waals surface area contributed by atoms with Crippen molar-refractivity contribution in [3.8, 4) is 0 Å². The largest absolute Gasteiger partial charge is 0.399 e. The fourth-order valence-corrected chi connectivity index (χ4v) is 2.62. The van der Waals surface area contributed by atoms with E-state index in [2.05, 4.69) is 58.4 Å². The van der Waals surface area contributed by atoms with Crippen LogP contribution in [0.3, 0.4) is 0 Å². The molecule has 0 aliphatic carbocycles. The maximum atomic E-state index is 5.73. The zero-order chi connectivity index (χ0) is 12.3. The molecule has 2 rings (SSSR count). The number of hydrogen-bond donors (Lipinski definition) is 2. The standard InChI is InChI=1S/C13H13IN2S/c1-17-11-4-2-3-10(8-11)16-13-6-5-9(15)7-12(13)14/h2-8,16H,15H2,1H3. The van der Waals surface area contributed by atoms with E-state index in [1.807, 2.05) is 18.2 Å². The van der Waals surface area contributed by atoms with E-state index in [1.54, 1.807) is 11.8 Å². The summed E-state index contributed by atoms with van der Waals surface area (Å²) >= 11 is 4.02. The van der Waals surface area contributed by atoms with Crippen LogP contribution in [0.4, 0.5) is 17.1 Å². The summed E-state index contributed by atoms with van der Waals surface area (Å²) in [6.07, 6.45) is 2.08. The number of halogens is 1. The number of nitrogens with two attached hydrogens (primary N) is 1. The minimum atomic E-state index is 0.790. The van der Waals surface area contributed by atoms with Crippen LogP contribution < -0.4 is 11.1 Å². The third-order valence-corrected chi connectivity index (χ3v) is 3.96. The van der Waals surface area contributed by atoms with Gasteiger partial charge in [0.05, 0.1) is 5.69 Å². The molecule has 0 unspecified atom stereocenters. The summed E-state index contributed by atoms with van der Waals surface area (Å²) in [6, 6.07) is 14.2. The molecule has 0 saturated heterocycles. The van der Waals surface area contributed by atoms with Crippen LogP contribution in [0.2, 0.25) is 0 Å². The Hall–Kier alpha value is -0.880. The average molecular weight is 356 g/mol. The summed E-state index contributed by atoms with van der Waals surface area (Å²) in [5.41, 5.74) is 8.70. The molecule has 2 aromatic carbocycles. The summed E-state index contributed by atoms with van der Waals surface area (Å²) in [4.78, 5) is 1.25. The van der Waals surface area contributed by atoms with E-state index in [0.29, 0.717) is 0 Å². The Labute approximate surface area is 119 Å². The summed E-state index contributed by atoms with van der Waals surface area (Å²) < 4.78 is 1.12. The van der Waals surface area contributed by atoms with Gasteiger partial charge >= 0.3 is 0 Å². The fraction of sp³-hybridized carbons (Fsp3) is 0.0769. The first-order valence-corrected chi connectivity index (χ1v) is 7.45. The lowest BCUT2D eigenvalue weighted by molar-refractivity contribution is 1.43. The summed E-state index contributed by atoms with van der Waals surface area (Å²) in [5.74, 6) is 0. The monoisotopic (exact) mass is 356 g/mol. The number of hydrogen-bond acceptors (Lipinski definition) is 3. The van der Waals surface area contributed by atoms with Gasteiger partial charge < -0.3 is 11.1 Å². The molecule has 0 radical (unpaired) electrons. The highest BCUT2D eigenvalue weighted by atomic mass is 127. The molecule has 0 aromatic heterocycles. The minimum absolute atomic E-state index is 0.790. The molecule has 0 aliphatic rings. The normalized spacial score (nSPS) is 10.2. The zero-order valence-electron chi connectivity index (χ0n) is 9.41. The second kappa shape index (κ2) is 5.64. The van der Waals surface area contributed by atoms with Crippen molar-refractivity contribution in [1.29, 1.82) is 0 Å². The van der Waals surface area contributed by atoms with Gasteiger partial charge in [-0.2, -0.15) is 0 Å². The first-order valence-electron chi connectivity index (χ1n) is 5.15. The second-order valence-electron chi connectivity index (χ2n) is 3.60. The Morgan fingerprint density at radius 2 is 2.00 bits per heavy atom. The van der Waals surface area contributed by atoms with Crippen molar-refractivity contribution < 1.29 is 0 Å². The summed E-state index contributed by atoms with van der Waals surface area (Å²) in [6.45, 7) is 0. The molecule has 0 heterocycles. The summed E-state index contributed by atoms with van der Waals surface area (Å²) in [5, 5.41) is 3.40. The molecule has 0 bridgehead atoms. The first kappa shape index (κ1) is 12.6. The van der Waals surface area contributed by atoms with Gasteiger partial charge in [0.25, 0.3) is 0 Å². The van der Waals surface area contributed by atoms with E-state index in [4.69, 9.17) is 5.73 Å². The van der Waals surface area contributed by atoms with E-state index in [0.717, 1.165) is 20.6 Å². The highest BCUT2D eigenvalue weighted by Crippen LogP contribution is 2.26. The van der Waals surface area contributed by atoms with Gasteiger partial charge in [0, 0.05) is 19.8 Å². The fourth-order valence-electron chi connectivity index (χ4n) is 1.49.